The van der Waals surface area contributed by atoms with Crippen LogP contribution in [0.25, 0.3) is 84.1 Å². The standard InChI is InChI=1S/C40H25FN6/c41-31-21-11-20-30-28-18-8-10-24-34(28)47(36(30)31)33-23-9-7-17-27(33)29-19-12-22-32-35(29)43-39(42-32)40-45-37(25-13-3-1-4-14-25)44-38(46-40)26-15-5-2-6-16-26/h1-24H,(H,42,43). The molecule has 0 aliphatic rings. The molecule has 0 atom stereocenters. The summed E-state index contributed by atoms with van der Waals surface area (Å²) < 4.78 is 17.6. The number of aromatic nitrogens is 6. The summed E-state index contributed by atoms with van der Waals surface area (Å²) in [4.78, 5) is 23.1. The van der Waals surface area contributed by atoms with E-state index in [9.17, 15) is 0 Å². The molecule has 9 rings (SSSR count). The molecular formula is C40H25FN6. The highest BCUT2D eigenvalue weighted by Gasteiger charge is 2.21. The molecule has 3 heterocycles. The second kappa shape index (κ2) is 10.9. The number of hydrogen-bond donors (Lipinski definition) is 1. The van der Waals surface area contributed by atoms with Gasteiger partial charge >= 0.3 is 0 Å². The minimum atomic E-state index is -0.270. The van der Waals surface area contributed by atoms with E-state index in [-0.39, 0.29) is 5.82 Å². The first-order valence-electron chi connectivity index (χ1n) is 15.4. The maximum absolute atomic E-state index is 15.6. The summed E-state index contributed by atoms with van der Waals surface area (Å²) >= 11 is 0. The fourth-order valence-corrected chi connectivity index (χ4v) is 6.40. The lowest BCUT2D eigenvalue weighted by molar-refractivity contribution is 0.635. The number of hydrogen-bond acceptors (Lipinski definition) is 4. The molecule has 6 aromatic carbocycles. The van der Waals surface area contributed by atoms with Crippen LogP contribution in [0, 0.1) is 5.82 Å². The first-order valence-corrected chi connectivity index (χ1v) is 15.4. The molecule has 0 radical (unpaired) electrons. The van der Waals surface area contributed by atoms with Gasteiger partial charge in [0.05, 0.1) is 27.8 Å². The van der Waals surface area contributed by atoms with Crippen molar-refractivity contribution in [2.75, 3.05) is 0 Å². The topological polar surface area (TPSA) is 72.3 Å². The van der Waals surface area contributed by atoms with Crippen LogP contribution >= 0.6 is 0 Å². The number of fused-ring (bicyclic) bond motifs is 4. The molecule has 3 aromatic heterocycles. The Morgan fingerprint density at radius 1 is 0.489 bits per heavy atom. The zero-order valence-corrected chi connectivity index (χ0v) is 25.0. The highest BCUT2D eigenvalue weighted by molar-refractivity contribution is 6.10. The summed E-state index contributed by atoms with van der Waals surface area (Å²) in [6.45, 7) is 0. The van der Waals surface area contributed by atoms with Crippen molar-refractivity contribution in [1.29, 1.82) is 0 Å². The van der Waals surface area contributed by atoms with Crippen molar-refractivity contribution in [3.05, 3.63) is 151 Å². The van der Waals surface area contributed by atoms with Crippen LogP contribution in [0.5, 0.6) is 0 Å². The Morgan fingerprint density at radius 2 is 1.09 bits per heavy atom. The van der Waals surface area contributed by atoms with Crippen LogP contribution in [0.3, 0.4) is 0 Å². The summed E-state index contributed by atoms with van der Waals surface area (Å²) in [5.74, 6) is 1.83. The van der Waals surface area contributed by atoms with Crippen molar-refractivity contribution >= 4 is 32.8 Å². The van der Waals surface area contributed by atoms with Gasteiger partial charge in [0.2, 0.25) is 0 Å². The Bertz CT molecular complexity index is 2530. The van der Waals surface area contributed by atoms with E-state index in [1.807, 2.05) is 126 Å². The summed E-state index contributed by atoms with van der Waals surface area (Å²) in [6, 6.07) is 47.2. The lowest BCUT2D eigenvalue weighted by Crippen LogP contribution is -2.01. The fraction of sp³-hybridized carbons (Fsp3) is 0. The third-order valence-electron chi connectivity index (χ3n) is 8.51. The van der Waals surface area contributed by atoms with Gasteiger partial charge in [-0.05, 0) is 24.3 Å². The lowest BCUT2D eigenvalue weighted by atomic mass is 10.0. The van der Waals surface area contributed by atoms with Crippen molar-refractivity contribution in [2.24, 2.45) is 0 Å². The van der Waals surface area contributed by atoms with Gasteiger partial charge in [0, 0.05) is 33.0 Å². The van der Waals surface area contributed by atoms with Gasteiger partial charge in [0.15, 0.2) is 23.3 Å². The van der Waals surface area contributed by atoms with Crippen molar-refractivity contribution < 1.29 is 4.39 Å². The largest absolute Gasteiger partial charge is 0.335 e. The lowest BCUT2D eigenvalue weighted by Gasteiger charge is -2.14. The molecule has 222 valence electrons. The summed E-state index contributed by atoms with van der Waals surface area (Å²) in [7, 11) is 0. The maximum atomic E-state index is 15.6. The molecule has 0 amide bonds. The number of nitrogens with one attached hydrogen (secondary N) is 1. The average molecular weight is 609 g/mol. The van der Waals surface area contributed by atoms with E-state index in [2.05, 4.69) is 17.1 Å². The van der Waals surface area contributed by atoms with Gasteiger partial charge in [0.25, 0.3) is 0 Å². The number of para-hydroxylation sites is 4. The van der Waals surface area contributed by atoms with Crippen LogP contribution in [-0.2, 0) is 0 Å². The number of rotatable bonds is 5. The Kier molecular flexibility index (Phi) is 6.21. The van der Waals surface area contributed by atoms with E-state index in [0.717, 1.165) is 55.3 Å². The monoisotopic (exact) mass is 608 g/mol. The fourth-order valence-electron chi connectivity index (χ4n) is 6.40. The summed E-state index contributed by atoms with van der Waals surface area (Å²) in [6.07, 6.45) is 0. The first-order chi connectivity index (χ1) is 23.2. The molecule has 1 N–H and O–H groups in total. The molecule has 0 spiro atoms. The number of nitrogens with zero attached hydrogens (tertiary/aromatic N) is 5. The number of halogens is 1. The molecule has 9 aromatic rings. The van der Waals surface area contributed by atoms with Gasteiger partial charge in [0.1, 0.15) is 5.82 Å². The minimum Gasteiger partial charge on any atom is -0.335 e. The predicted molar refractivity (Wildman–Crippen MR) is 186 cm³/mol. The Morgan fingerprint density at radius 3 is 1.85 bits per heavy atom. The molecule has 0 fully saturated rings. The maximum Gasteiger partial charge on any atom is 0.199 e. The van der Waals surface area contributed by atoms with Gasteiger partial charge in [-0.15, -0.1) is 0 Å². The summed E-state index contributed by atoms with van der Waals surface area (Å²) in [5, 5.41) is 1.87. The van der Waals surface area contributed by atoms with Gasteiger partial charge < -0.3 is 9.55 Å². The highest BCUT2D eigenvalue weighted by atomic mass is 19.1. The SMILES string of the molecule is Fc1cccc2c3ccccc3n(-c3ccccc3-c3cccc4nc(-c5nc(-c6ccccc6)nc(-c6ccccc6)n5)[nH]c34)c12. The van der Waals surface area contributed by atoms with Gasteiger partial charge in [-0.25, -0.2) is 24.3 Å². The normalized spacial score (nSPS) is 11.5. The first kappa shape index (κ1) is 26.9. The zero-order chi connectivity index (χ0) is 31.3. The smallest absolute Gasteiger partial charge is 0.199 e. The molecule has 47 heavy (non-hydrogen) atoms. The van der Waals surface area contributed by atoms with Crippen molar-refractivity contribution in [2.45, 2.75) is 0 Å². The molecule has 6 nitrogen and oxygen atoms in total. The van der Waals surface area contributed by atoms with Gasteiger partial charge in [-0.3, -0.25) is 0 Å². The number of benzene rings is 6. The summed E-state index contributed by atoms with van der Waals surface area (Å²) in [5.41, 5.74) is 7.59. The van der Waals surface area contributed by atoms with Crippen LogP contribution in [-0.4, -0.2) is 29.5 Å². The van der Waals surface area contributed by atoms with Crippen LogP contribution in [0.4, 0.5) is 4.39 Å². The van der Waals surface area contributed by atoms with Crippen LogP contribution in [0.15, 0.2) is 146 Å². The van der Waals surface area contributed by atoms with E-state index in [0.29, 0.717) is 28.8 Å². The highest BCUT2D eigenvalue weighted by Crippen LogP contribution is 2.39. The van der Waals surface area contributed by atoms with E-state index in [1.54, 1.807) is 6.07 Å². The Balaban J connectivity index is 1.25. The minimum absolute atomic E-state index is 0.270. The van der Waals surface area contributed by atoms with Gasteiger partial charge in [-0.2, -0.15) is 0 Å². The second-order valence-electron chi connectivity index (χ2n) is 11.3. The molecule has 0 bridgehead atoms. The number of imidazole rings is 1. The Hall–Kier alpha value is -6.47. The third-order valence-corrected chi connectivity index (χ3v) is 8.51. The van der Waals surface area contributed by atoms with Crippen LogP contribution in [0.1, 0.15) is 0 Å². The third kappa shape index (κ3) is 4.48. The molecular weight excluding hydrogens is 583 g/mol. The molecule has 0 saturated carbocycles. The molecule has 0 aliphatic carbocycles. The average Bonchev–Trinajstić information content (AvgIpc) is 3.73. The number of aromatic amines is 1. The second-order valence-corrected chi connectivity index (χ2v) is 11.3. The van der Waals surface area contributed by atoms with Crippen LogP contribution in [0.2, 0.25) is 0 Å². The van der Waals surface area contributed by atoms with Crippen molar-refractivity contribution in [3.63, 3.8) is 0 Å². The zero-order valence-electron chi connectivity index (χ0n) is 25.0. The molecule has 0 unspecified atom stereocenters. The van der Waals surface area contributed by atoms with Gasteiger partial charge in [-0.1, -0.05) is 121 Å². The van der Waals surface area contributed by atoms with Crippen molar-refractivity contribution in [3.8, 4) is 51.2 Å². The van der Waals surface area contributed by atoms with E-state index >= 15 is 4.39 Å². The molecule has 0 saturated heterocycles. The predicted octanol–water partition coefficient (Wildman–Crippen LogP) is 9.65. The molecule has 0 aliphatic heterocycles. The number of H-pyrrole nitrogens is 1. The Labute approximate surface area is 268 Å². The van der Waals surface area contributed by atoms with Crippen LogP contribution < -0.4 is 0 Å². The van der Waals surface area contributed by atoms with E-state index in [1.165, 1.54) is 6.07 Å². The van der Waals surface area contributed by atoms with E-state index in [4.69, 9.17) is 19.9 Å². The van der Waals surface area contributed by atoms with Crippen molar-refractivity contribution in [1.82, 2.24) is 29.5 Å². The molecule has 7 heteroatoms. The quantitative estimate of drug-likeness (QED) is 0.211. The van der Waals surface area contributed by atoms with E-state index < -0.39 is 0 Å².